The molecule has 0 fully saturated rings. The SMILES string of the molecule is CC=CCOc1ccc(-c2cc3ccc(CC)c(F)c3c(F)c2F)cc1. The first-order chi connectivity index (χ1) is 12.6. The molecule has 26 heavy (non-hydrogen) atoms. The highest BCUT2D eigenvalue weighted by Crippen LogP contribution is 2.33. The Morgan fingerprint density at radius 3 is 2.31 bits per heavy atom. The number of hydrogen-bond donors (Lipinski definition) is 0. The molecule has 1 nitrogen and oxygen atoms in total. The second-order valence-corrected chi connectivity index (χ2v) is 5.95. The van der Waals surface area contributed by atoms with Crippen LogP contribution in [0.2, 0.25) is 0 Å². The van der Waals surface area contributed by atoms with Crippen LogP contribution in [0.25, 0.3) is 21.9 Å². The second-order valence-electron chi connectivity index (χ2n) is 5.95. The Morgan fingerprint density at radius 2 is 1.65 bits per heavy atom. The van der Waals surface area contributed by atoms with Crippen LogP contribution in [-0.2, 0) is 6.42 Å². The van der Waals surface area contributed by atoms with Gasteiger partial charge in [-0.05, 0) is 48.1 Å². The lowest BCUT2D eigenvalue weighted by Gasteiger charge is -2.11. The topological polar surface area (TPSA) is 9.23 Å². The lowest BCUT2D eigenvalue weighted by molar-refractivity contribution is 0.363. The average Bonchev–Trinajstić information content (AvgIpc) is 2.65. The summed E-state index contributed by atoms with van der Waals surface area (Å²) in [4.78, 5) is 0. The maximum Gasteiger partial charge on any atom is 0.170 e. The van der Waals surface area contributed by atoms with Crippen molar-refractivity contribution >= 4 is 10.8 Å². The Morgan fingerprint density at radius 1 is 0.923 bits per heavy atom. The van der Waals surface area contributed by atoms with Gasteiger partial charge in [-0.25, -0.2) is 13.2 Å². The van der Waals surface area contributed by atoms with E-state index in [1.807, 2.05) is 19.1 Å². The number of rotatable bonds is 5. The standard InChI is InChI=1S/C22H19F3O/c1-3-5-12-26-17-10-8-15(9-11-17)18-13-16-7-6-14(4-2)20(23)19(16)22(25)21(18)24/h3,5-11,13H,4,12H2,1-2H3. The highest BCUT2D eigenvalue weighted by Gasteiger charge is 2.19. The van der Waals surface area contributed by atoms with Crippen LogP contribution in [0.5, 0.6) is 5.75 Å². The first-order valence-corrected chi connectivity index (χ1v) is 8.50. The summed E-state index contributed by atoms with van der Waals surface area (Å²) in [6, 6.07) is 11.4. The van der Waals surface area contributed by atoms with Gasteiger partial charge in [0.1, 0.15) is 18.2 Å². The van der Waals surface area contributed by atoms with Crippen LogP contribution in [0.4, 0.5) is 13.2 Å². The molecule has 134 valence electrons. The quantitative estimate of drug-likeness (QED) is 0.478. The van der Waals surface area contributed by atoms with E-state index < -0.39 is 17.5 Å². The van der Waals surface area contributed by atoms with Crippen molar-refractivity contribution in [2.75, 3.05) is 6.61 Å². The summed E-state index contributed by atoms with van der Waals surface area (Å²) >= 11 is 0. The fourth-order valence-electron chi connectivity index (χ4n) is 2.88. The molecule has 3 aromatic rings. The van der Waals surface area contributed by atoms with Gasteiger partial charge in [-0.15, -0.1) is 0 Å². The molecular formula is C22H19F3O. The molecule has 0 unspecified atom stereocenters. The highest BCUT2D eigenvalue weighted by atomic mass is 19.2. The molecule has 0 heterocycles. The smallest absolute Gasteiger partial charge is 0.170 e. The summed E-state index contributed by atoms with van der Waals surface area (Å²) in [5, 5.41) is 0.0407. The molecule has 0 radical (unpaired) electrons. The lowest BCUT2D eigenvalue weighted by Crippen LogP contribution is -1.98. The van der Waals surface area contributed by atoms with Gasteiger partial charge in [-0.2, -0.15) is 0 Å². The molecule has 0 atom stereocenters. The van der Waals surface area contributed by atoms with Crippen LogP contribution in [0.15, 0.2) is 54.6 Å². The first-order valence-electron chi connectivity index (χ1n) is 8.50. The van der Waals surface area contributed by atoms with Crippen molar-refractivity contribution in [1.82, 2.24) is 0 Å². The maximum absolute atomic E-state index is 14.6. The van der Waals surface area contributed by atoms with Gasteiger partial charge in [0.25, 0.3) is 0 Å². The third-order valence-corrected chi connectivity index (χ3v) is 4.33. The van der Waals surface area contributed by atoms with Crippen LogP contribution in [0, 0.1) is 17.5 Å². The number of ether oxygens (including phenoxy) is 1. The van der Waals surface area contributed by atoms with Crippen LogP contribution in [-0.4, -0.2) is 6.61 Å². The van der Waals surface area contributed by atoms with Gasteiger partial charge in [-0.3, -0.25) is 0 Å². The maximum atomic E-state index is 14.6. The molecule has 0 aromatic heterocycles. The predicted octanol–water partition coefficient (Wildman–Crippen LogP) is 6.44. The Hall–Kier alpha value is -2.75. The third-order valence-electron chi connectivity index (χ3n) is 4.33. The number of fused-ring (bicyclic) bond motifs is 1. The molecule has 0 N–H and O–H groups in total. The molecule has 0 saturated heterocycles. The van der Waals surface area contributed by atoms with Gasteiger partial charge >= 0.3 is 0 Å². The van der Waals surface area contributed by atoms with Crippen molar-refractivity contribution in [3.05, 3.63) is 77.6 Å². The van der Waals surface area contributed by atoms with E-state index in [1.54, 1.807) is 43.3 Å². The largest absolute Gasteiger partial charge is 0.490 e. The first kappa shape index (κ1) is 18.1. The minimum atomic E-state index is -1.15. The van der Waals surface area contributed by atoms with Crippen molar-refractivity contribution in [3.8, 4) is 16.9 Å². The van der Waals surface area contributed by atoms with Gasteiger partial charge < -0.3 is 4.74 Å². The van der Waals surface area contributed by atoms with Crippen molar-refractivity contribution in [2.45, 2.75) is 20.3 Å². The highest BCUT2D eigenvalue weighted by molar-refractivity contribution is 5.89. The van der Waals surface area contributed by atoms with E-state index in [2.05, 4.69) is 0 Å². The van der Waals surface area contributed by atoms with E-state index in [0.717, 1.165) is 0 Å². The van der Waals surface area contributed by atoms with Crippen LogP contribution in [0.1, 0.15) is 19.4 Å². The lowest BCUT2D eigenvalue weighted by atomic mass is 9.97. The fourth-order valence-corrected chi connectivity index (χ4v) is 2.88. The van der Waals surface area contributed by atoms with E-state index in [4.69, 9.17) is 4.74 Å². The Kier molecular flexibility index (Phi) is 5.31. The summed E-state index contributed by atoms with van der Waals surface area (Å²) in [6.45, 7) is 4.11. The van der Waals surface area contributed by atoms with E-state index in [-0.39, 0.29) is 10.9 Å². The number of aryl methyl sites for hydroxylation is 1. The summed E-state index contributed by atoms with van der Waals surface area (Å²) in [5.74, 6) is -2.27. The molecule has 3 aromatic carbocycles. The number of hydrogen-bond acceptors (Lipinski definition) is 1. The number of benzene rings is 3. The fraction of sp³-hybridized carbons (Fsp3) is 0.182. The van der Waals surface area contributed by atoms with Gasteiger partial charge in [0, 0.05) is 5.56 Å². The van der Waals surface area contributed by atoms with E-state index in [1.165, 1.54) is 6.07 Å². The van der Waals surface area contributed by atoms with Gasteiger partial charge in [-0.1, -0.05) is 43.3 Å². The Bertz CT molecular complexity index is 960. The molecular weight excluding hydrogens is 337 g/mol. The Labute approximate surface area is 150 Å². The molecule has 0 aliphatic carbocycles. The van der Waals surface area contributed by atoms with Crippen molar-refractivity contribution in [1.29, 1.82) is 0 Å². The molecule has 0 aliphatic heterocycles. The summed E-state index contributed by atoms with van der Waals surface area (Å²) in [5.41, 5.74) is 0.964. The summed E-state index contributed by atoms with van der Waals surface area (Å²) < 4.78 is 49.1. The summed E-state index contributed by atoms with van der Waals surface area (Å²) in [6.07, 6.45) is 4.16. The van der Waals surface area contributed by atoms with E-state index in [0.29, 0.717) is 35.3 Å². The van der Waals surface area contributed by atoms with Gasteiger partial charge in [0.15, 0.2) is 11.6 Å². The third kappa shape index (κ3) is 3.32. The Balaban J connectivity index is 2.04. The summed E-state index contributed by atoms with van der Waals surface area (Å²) in [7, 11) is 0. The molecule has 3 rings (SSSR count). The zero-order valence-electron chi connectivity index (χ0n) is 14.7. The van der Waals surface area contributed by atoms with Crippen LogP contribution >= 0.6 is 0 Å². The van der Waals surface area contributed by atoms with Crippen LogP contribution < -0.4 is 4.74 Å². The normalized spacial score (nSPS) is 11.4. The number of halogens is 3. The number of allylic oxidation sites excluding steroid dienone is 1. The molecule has 0 bridgehead atoms. The van der Waals surface area contributed by atoms with Crippen LogP contribution in [0.3, 0.4) is 0 Å². The zero-order chi connectivity index (χ0) is 18.7. The molecule has 0 aliphatic rings. The predicted molar refractivity (Wildman–Crippen MR) is 98.9 cm³/mol. The minimum Gasteiger partial charge on any atom is -0.490 e. The molecule has 0 saturated carbocycles. The second kappa shape index (κ2) is 7.65. The zero-order valence-corrected chi connectivity index (χ0v) is 14.7. The van der Waals surface area contributed by atoms with Crippen molar-refractivity contribution < 1.29 is 17.9 Å². The monoisotopic (exact) mass is 356 g/mol. The van der Waals surface area contributed by atoms with Crippen molar-refractivity contribution in [2.24, 2.45) is 0 Å². The molecule has 0 spiro atoms. The van der Waals surface area contributed by atoms with E-state index >= 15 is 0 Å². The van der Waals surface area contributed by atoms with Gasteiger partial charge in [0.05, 0.1) is 5.39 Å². The molecule has 4 heteroatoms. The van der Waals surface area contributed by atoms with E-state index in [9.17, 15) is 13.2 Å². The molecule has 0 amide bonds. The minimum absolute atomic E-state index is 0.0960. The van der Waals surface area contributed by atoms with Gasteiger partial charge in [0.2, 0.25) is 0 Å². The van der Waals surface area contributed by atoms with Crippen molar-refractivity contribution in [3.63, 3.8) is 0 Å². The average molecular weight is 356 g/mol.